The van der Waals surface area contributed by atoms with Crippen molar-refractivity contribution in [1.29, 1.82) is 0 Å². The summed E-state index contributed by atoms with van der Waals surface area (Å²) in [4.78, 5) is 45.9. The molecule has 196 valence electrons. The van der Waals surface area contributed by atoms with E-state index in [0.29, 0.717) is 39.5 Å². The first-order chi connectivity index (χ1) is 17.4. The van der Waals surface area contributed by atoms with E-state index in [9.17, 15) is 19.7 Å². The van der Waals surface area contributed by atoms with E-state index in [1.807, 2.05) is 0 Å². The van der Waals surface area contributed by atoms with Crippen molar-refractivity contribution in [2.45, 2.75) is 18.8 Å². The van der Waals surface area contributed by atoms with Gasteiger partial charge in [-0.3, -0.25) is 30.1 Å². The minimum atomic E-state index is -0.561. The van der Waals surface area contributed by atoms with Crippen LogP contribution >= 0.6 is 11.3 Å². The summed E-state index contributed by atoms with van der Waals surface area (Å²) in [5.74, 6) is -0.386. The topological polar surface area (TPSA) is 149 Å². The van der Waals surface area contributed by atoms with E-state index in [4.69, 9.17) is 14.2 Å². The highest BCUT2D eigenvalue weighted by molar-refractivity contribution is 7.09. The van der Waals surface area contributed by atoms with E-state index in [2.05, 4.69) is 15.4 Å². The lowest BCUT2D eigenvalue weighted by Crippen LogP contribution is -2.40. The second kappa shape index (κ2) is 13.8. The maximum Gasteiger partial charge on any atom is 0.313 e. The summed E-state index contributed by atoms with van der Waals surface area (Å²) >= 11 is 1.38. The fraction of sp³-hybridized carbons (Fsp3) is 0.545. The van der Waals surface area contributed by atoms with Gasteiger partial charge in [-0.1, -0.05) is 0 Å². The number of anilines is 1. The number of piperidine rings is 1. The van der Waals surface area contributed by atoms with Gasteiger partial charge in [0.2, 0.25) is 11.7 Å². The van der Waals surface area contributed by atoms with Crippen LogP contribution in [0.4, 0.5) is 11.5 Å². The molecule has 0 radical (unpaired) electrons. The predicted octanol–water partition coefficient (Wildman–Crippen LogP) is 1.61. The number of methoxy groups -OCH3 is 1. The second-order valence-corrected chi connectivity index (χ2v) is 8.88. The molecule has 0 bridgehead atoms. The Bertz CT molecular complexity index is 1030. The second-order valence-electron chi connectivity index (χ2n) is 7.99. The molecular formula is C22H30N6O7S. The minimum absolute atomic E-state index is 0.0157. The first-order valence-electron chi connectivity index (χ1n) is 11.4. The van der Waals surface area contributed by atoms with Crippen molar-refractivity contribution in [2.75, 3.05) is 65.3 Å². The van der Waals surface area contributed by atoms with Gasteiger partial charge in [0.15, 0.2) is 0 Å². The molecule has 0 atom stereocenters. The van der Waals surface area contributed by atoms with Crippen LogP contribution in [-0.4, -0.2) is 91.9 Å². The van der Waals surface area contributed by atoms with Gasteiger partial charge < -0.3 is 19.1 Å². The van der Waals surface area contributed by atoms with Gasteiger partial charge in [0.1, 0.15) is 12.3 Å². The quantitative estimate of drug-likeness (QED) is 0.234. The predicted molar refractivity (Wildman–Crippen MR) is 131 cm³/mol. The number of nitrogens with zero attached hydrogens (tertiary/aromatic N) is 5. The highest BCUT2D eigenvalue weighted by Crippen LogP contribution is 2.30. The molecule has 1 N–H and O–H groups in total. The number of hydrogen-bond donors (Lipinski definition) is 1. The molecule has 0 saturated carbocycles. The maximum absolute atomic E-state index is 12.7. The average Bonchev–Trinajstić information content (AvgIpc) is 3.38. The number of carbonyl (C=O) groups is 2. The molecule has 1 aliphatic rings. The maximum atomic E-state index is 12.7. The number of amides is 2. The molecule has 3 heterocycles. The third kappa shape index (κ3) is 7.65. The van der Waals surface area contributed by atoms with E-state index < -0.39 is 10.8 Å². The average molecular weight is 523 g/mol. The summed E-state index contributed by atoms with van der Waals surface area (Å²) in [5, 5.41) is 14.9. The molecule has 0 spiro atoms. The molecule has 2 amide bonds. The summed E-state index contributed by atoms with van der Waals surface area (Å²) < 4.78 is 15.6. The number of nitrogens with one attached hydrogen (secondary N) is 1. The minimum Gasteiger partial charge on any atom is -0.382 e. The van der Waals surface area contributed by atoms with Crippen molar-refractivity contribution in [3.05, 3.63) is 44.5 Å². The Hall–Kier alpha value is -3.20. The largest absolute Gasteiger partial charge is 0.382 e. The van der Waals surface area contributed by atoms with E-state index >= 15 is 0 Å². The summed E-state index contributed by atoms with van der Waals surface area (Å²) in [5.41, 5.74) is 2.58. The zero-order chi connectivity index (χ0) is 25.9. The Balaban J connectivity index is 1.44. The standard InChI is InChI=1S/C22H30N6O7S/c1-26(20-18(28(31)32)4-3-7-23-20)25-21(30)17-15-36-22(24-17)16-5-8-27(9-6-16)19(29)14-35-13-12-34-11-10-33-2/h3-4,7,15-16H,5-6,8-14H2,1-2H3,(H,25,30). The van der Waals surface area contributed by atoms with E-state index in [1.165, 1.54) is 41.7 Å². The Morgan fingerprint density at radius 3 is 2.69 bits per heavy atom. The number of rotatable bonds is 13. The molecular weight excluding hydrogens is 492 g/mol. The SMILES string of the molecule is COCCOCCOCC(=O)N1CCC(c2nc(C(=O)NN(C)c3ncccc3[N+](=O)[O-])cs2)CC1. The van der Waals surface area contributed by atoms with Gasteiger partial charge in [-0.15, -0.1) is 11.3 Å². The van der Waals surface area contributed by atoms with Crippen LogP contribution < -0.4 is 10.4 Å². The molecule has 1 fully saturated rings. The highest BCUT2D eigenvalue weighted by atomic mass is 32.1. The zero-order valence-corrected chi connectivity index (χ0v) is 21.1. The van der Waals surface area contributed by atoms with Crippen LogP contribution in [0.3, 0.4) is 0 Å². The summed E-state index contributed by atoms with van der Waals surface area (Å²) in [6.45, 7) is 2.96. The fourth-order valence-corrected chi connectivity index (χ4v) is 4.59. The third-order valence-corrected chi connectivity index (χ3v) is 6.54. The van der Waals surface area contributed by atoms with Crippen LogP contribution in [-0.2, 0) is 19.0 Å². The van der Waals surface area contributed by atoms with Crippen molar-refractivity contribution in [2.24, 2.45) is 0 Å². The lowest BCUT2D eigenvalue weighted by Gasteiger charge is -2.31. The van der Waals surface area contributed by atoms with Gasteiger partial charge in [0.05, 0.1) is 36.4 Å². The number of likely N-dealkylation sites (tertiary alicyclic amines) is 1. The molecule has 2 aromatic heterocycles. The fourth-order valence-electron chi connectivity index (χ4n) is 3.62. The van der Waals surface area contributed by atoms with Crippen molar-refractivity contribution in [3.8, 4) is 0 Å². The molecule has 2 aromatic rings. The van der Waals surface area contributed by atoms with E-state index in [-0.39, 0.29) is 35.6 Å². The van der Waals surface area contributed by atoms with Crippen molar-refractivity contribution in [1.82, 2.24) is 20.3 Å². The first kappa shape index (κ1) is 27.4. The van der Waals surface area contributed by atoms with Gasteiger partial charge in [-0.2, -0.15) is 0 Å². The zero-order valence-electron chi connectivity index (χ0n) is 20.3. The lowest BCUT2D eigenvalue weighted by molar-refractivity contribution is -0.384. The van der Waals surface area contributed by atoms with Gasteiger partial charge in [0, 0.05) is 50.8 Å². The molecule has 1 saturated heterocycles. The Kier molecular flexibility index (Phi) is 10.5. The van der Waals surface area contributed by atoms with Crippen molar-refractivity contribution < 1.29 is 28.7 Å². The number of nitro groups is 1. The number of hydrogen-bond acceptors (Lipinski definition) is 11. The van der Waals surface area contributed by atoms with Crippen LogP contribution in [0, 0.1) is 10.1 Å². The summed E-state index contributed by atoms with van der Waals surface area (Å²) in [7, 11) is 3.08. The number of pyridine rings is 1. The highest BCUT2D eigenvalue weighted by Gasteiger charge is 2.27. The van der Waals surface area contributed by atoms with Gasteiger partial charge in [-0.25, -0.2) is 9.97 Å². The monoisotopic (exact) mass is 522 g/mol. The smallest absolute Gasteiger partial charge is 0.313 e. The van der Waals surface area contributed by atoms with Gasteiger partial charge in [-0.05, 0) is 18.9 Å². The molecule has 0 unspecified atom stereocenters. The van der Waals surface area contributed by atoms with Crippen molar-refractivity contribution in [3.63, 3.8) is 0 Å². The number of ether oxygens (including phenoxy) is 3. The Morgan fingerprint density at radius 1 is 1.25 bits per heavy atom. The molecule has 0 aliphatic carbocycles. The van der Waals surface area contributed by atoms with Crippen LogP contribution in [0.25, 0.3) is 0 Å². The molecule has 3 rings (SSSR count). The van der Waals surface area contributed by atoms with E-state index in [0.717, 1.165) is 17.8 Å². The first-order valence-corrected chi connectivity index (χ1v) is 12.3. The number of thiazole rings is 1. The van der Waals surface area contributed by atoms with Crippen LogP contribution in [0.5, 0.6) is 0 Å². The van der Waals surface area contributed by atoms with Gasteiger partial charge in [0.25, 0.3) is 5.91 Å². The van der Waals surface area contributed by atoms with Crippen LogP contribution in [0.2, 0.25) is 0 Å². The third-order valence-electron chi connectivity index (χ3n) is 5.53. The van der Waals surface area contributed by atoms with Crippen LogP contribution in [0.15, 0.2) is 23.7 Å². The lowest BCUT2D eigenvalue weighted by atomic mass is 9.97. The van der Waals surface area contributed by atoms with Crippen LogP contribution in [0.1, 0.15) is 34.3 Å². The van der Waals surface area contributed by atoms with Crippen molar-refractivity contribution >= 4 is 34.7 Å². The van der Waals surface area contributed by atoms with E-state index in [1.54, 1.807) is 17.4 Å². The van der Waals surface area contributed by atoms with Gasteiger partial charge >= 0.3 is 5.69 Å². The molecule has 14 heteroatoms. The molecule has 36 heavy (non-hydrogen) atoms. The molecule has 1 aliphatic heterocycles. The summed E-state index contributed by atoms with van der Waals surface area (Å²) in [6.07, 6.45) is 2.88. The normalized spacial score (nSPS) is 14.0. The number of aromatic nitrogens is 2. The summed E-state index contributed by atoms with van der Waals surface area (Å²) in [6, 6.07) is 2.77. The Morgan fingerprint density at radius 2 is 1.97 bits per heavy atom. The number of hydrazine groups is 1. The number of carbonyl (C=O) groups excluding carboxylic acids is 2. The molecule has 13 nitrogen and oxygen atoms in total. The Labute approximate surface area is 212 Å². The molecule has 0 aromatic carbocycles.